The fourth-order valence-electron chi connectivity index (χ4n) is 2.00. The monoisotopic (exact) mass is 300 g/mol. The summed E-state index contributed by atoms with van der Waals surface area (Å²) in [5.41, 5.74) is 2.02. The molecule has 21 heavy (non-hydrogen) atoms. The first-order chi connectivity index (χ1) is 9.97. The molecule has 1 N–H and O–H groups in total. The summed E-state index contributed by atoms with van der Waals surface area (Å²) < 4.78 is 0. The minimum absolute atomic E-state index is 0.00198. The standard InChI is InChI=1S/C17H20N2OS/c1-17(2,3)13-8-4-5-9-14(13)19-15(20)12-21-16-10-6-7-11-18-16/h4-11H,12H2,1-3H3,(H,19,20). The number of para-hydroxylation sites is 1. The maximum absolute atomic E-state index is 12.1. The molecule has 0 radical (unpaired) electrons. The summed E-state index contributed by atoms with van der Waals surface area (Å²) in [6.07, 6.45) is 1.73. The molecular weight excluding hydrogens is 280 g/mol. The van der Waals surface area contributed by atoms with Crippen molar-refractivity contribution in [1.29, 1.82) is 0 Å². The van der Waals surface area contributed by atoms with E-state index >= 15 is 0 Å². The molecular formula is C17H20N2OS. The first kappa shape index (κ1) is 15.6. The zero-order valence-electron chi connectivity index (χ0n) is 12.6. The molecule has 0 saturated heterocycles. The number of carbonyl (C=O) groups excluding carboxylic acids is 1. The Labute approximate surface area is 130 Å². The lowest BCUT2D eigenvalue weighted by Gasteiger charge is -2.22. The zero-order chi connectivity index (χ0) is 15.3. The highest BCUT2D eigenvalue weighted by molar-refractivity contribution is 7.99. The van der Waals surface area contributed by atoms with Gasteiger partial charge in [0.05, 0.1) is 10.8 Å². The molecule has 0 saturated carbocycles. The van der Waals surface area contributed by atoms with Crippen LogP contribution in [0.5, 0.6) is 0 Å². The Morgan fingerprint density at radius 3 is 2.52 bits per heavy atom. The van der Waals surface area contributed by atoms with Gasteiger partial charge < -0.3 is 5.32 Å². The topological polar surface area (TPSA) is 42.0 Å². The minimum atomic E-state index is -0.0117. The smallest absolute Gasteiger partial charge is 0.234 e. The van der Waals surface area contributed by atoms with E-state index in [0.29, 0.717) is 5.75 Å². The van der Waals surface area contributed by atoms with Crippen molar-refractivity contribution < 1.29 is 4.79 Å². The third-order valence-corrected chi connectivity index (χ3v) is 3.94. The summed E-state index contributed by atoms with van der Waals surface area (Å²) in [7, 11) is 0. The molecule has 0 aliphatic carbocycles. The summed E-state index contributed by atoms with van der Waals surface area (Å²) in [6.45, 7) is 6.42. The molecule has 2 aromatic rings. The van der Waals surface area contributed by atoms with E-state index in [1.54, 1.807) is 6.20 Å². The summed E-state index contributed by atoms with van der Waals surface area (Å²) in [4.78, 5) is 16.3. The molecule has 110 valence electrons. The maximum Gasteiger partial charge on any atom is 0.234 e. The van der Waals surface area contributed by atoms with Crippen LogP contribution in [0.4, 0.5) is 5.69 Å². The Balaban J connectivity index is 2.00. The minimum Gasteiger partial charge on any atom is -0.325 e. The van der Waals surface area contributed by atoms with E-state index in [2.05, 4.69) is 37.1 Å². The number of carbonyl (C=O) groups is 1. The highest BCUT2D eigenvalue weighted by Gasteiger charge is 2.18. The second-order valence-corrected chi connectivity index (χ2v) is 6.80. The van der Waals surface area contributed by atoms with E-state index in [9.17, 15) is 4.79 Å². The second kappa shape index (κ2) is 6.76. The van der Waals surface area contributed by atoms with Crippen LogP contribution in [0.25, 0.3) is 0 Å². The van der Waals surface area contributed by atoms with Crippen LogP contribution in [0.2, 0.25) is 0 Å². The van der Waals surface area contributed by atoms with Crippen molar-refractivity contribution in [1.82, 2.24) is 4.98 Å². The molecule has 0 aliphatic heterocycles. The van der Waals surface area contributed by atoms with Crippen molar-refractivity contribution in [3.8, 4) is 0 Å². The largest absolute Gasteiger partial charge is 0.325 e. The van der Waals surface area contributed by atoms with Gasteiger partial charge in [0.2, 0.25) is 5.91 Å². The van der Waals surface area contributed by atoms with E-state index in [1.807, 2.05) is 36.4 Å². The van der Waals surface area contributed by atoms with Crippen LogP contribution in [0.3, 0.4) is 0 Å². The van der Waals surface area contributed by atoms with Crippen LogP contribution in [0, 0.1) is 0 Å². The number of pyridine rings is 1. The van der Waals surface area contributed by atoms with E-state index in [-0.39, 0.29) is 11.3 Å². The number of nitrogens with zero attached hydrogens (tertiary/aromatic N) is 1. The van der Waals surface area contributed by atoms with Gasteiger partial charge in [-0.1, -0.05) is 56.8 Å². The molecule has 1 heterocycles. The molecule has 3 nitrogen and oxygen atoms in total. The number of hydrogen-bond donors (Lipinski definition) is 1. The van der Waals surface area contributed by atoms with Gasteiger partial charge in [0, 0.05) is 11.9 Å². The normalized spacial score (nSPS) is 11.2. The fraction of sp³-hybridized carbons (Fsp3) is 0.294. The lowest BCUT2D eigenvalue weighted by atomic mass is 9.86. The van der Waals surface area contributed by atoms with Crippen LogP contribution in [-0.4, -0.2) is 16.6 Å². The number of anilines is 1. The molecule has 0 fully saturated rings. The molecule has 1 amide bonds. The van der Waals surface area contributed by atoms with Crippen molar-refractivity contribution in [2.45, 2.75) is 31.2 Å². The molecule has 1 aromatic heterocycles. The Hall–Kier alpha value is -1.81. The Morgan fingerprint density at radius 1 is 1.14 bits per heavy atom. The Bertz CT molecular complexity index is 606. The number of benzene rings is 1. The zero-order valence-corrected chi connectivity index (χ0v) is 13.4. The quantitative estimate of drug-likeness (QED) is 0.864. The van der Waals surface area contributed by atoms with Gasteiger partial charge in [0.15, 0.2) is 0 Å². The van der Waals surface area contributed by atoms with E-state index in [1.165, 1.54) is 11.8 Å². The molecule has 0 atom stereocenters. The SMILES string of the molecule is CC(C)(C)c1ccccc1NC(=O)CSc1ccccn1. The summed E-state index contributed by atoms with van der Waals surface area (Å²) in [6, 6.07) is 13.6. The van der Waals surface area contributed by atoms with Crippen molar-refractivity contribution in [2.75, 3.05) is 11.1 Å². The summed E-state index contributed by atoms with van der Waals surface area (Å²) >= 11 is 1.44. The summed E-state index contributed by atoms with van der Waals surface area (Å²) in [5, 5.41) is 3.86. The van der Waals surface area contributed by atoms with Gasteiger partial charge in [-0.05, 0) is 29.2 Å². The molecule has 4 heteroatoms. The first-order valence-electron chi connectivity index (χ1n) is 6.90. The second-order valence-electron chi connectivity index (χ2n) is 5.80. The van der Waals surface area contributed by atoms with Crippen molar-refractivity contribution >= 4 is 23.4 Å². The molecule has 1 aromatic carbocycles. The third kappa shape index (κ3) is 4.60. The fourth-order valence-corrected chi connectivity index (χ4v) is 2.67. The van der Waals surface area contributed by atoms with Gasteiger partial charge >= 0.3 is 0 Å². The van der Waals surface area contributed by atoms with Gasteiger partial charge in [-0.2, -0.15) is 0 Å². The van der Waals surface area contributed by atoms with E-state index < -0.39 is 0 Å². The highest BCUT2D eigenvalue weighted by Crippen LogP contribution is 2.29. The average Bonchev–Trinajstić information content (AvgIpc) is 2.46. The number of aromatic nitrogens is 1. The highest BCUT2D eigenvalue weighted by atomic mass is 32.2. The Morgan fingerprint density at radius 2 is 1.86 bits per heavy atom. The number of amides is 1. The lowest BCUT2D eigenvalue weighted by molar-refractivity contribution is -0.113. The molecule has 0 aliphatic rings. The number of hydrogen-bond acceptors (Lipinski definition) is 3. The molecule has 0 spiro atoms. The van der Waals surface area contributed by atoms with Crippen molar-refractivity contribution in [2.24, 2.45) is 0 Å². The van der Waals surface area contributed by atoms with Gasteiger partial charge in [0.1, 0.15) is 0 Å². The predicted molar refractivity (Wildman–Crippen MR) is 88.7 cm³/mol. The molecule has 0 bridgehead atoms. The van der Waals surface area contributed by atoms with Crippen LogP contribution >= 0.6 is 11.8 Å². The molecule has 0 unspecified atom stereocenters. The van der Waals surface area contributed by atoms with Crippen LogP contribution in [0.15, 0.2) is 53.7 Å². The van der Waals surface area contributed by atoms with E-state index in [0.717, 1.165) is 16.3 Å². The first-order valence-corrected chi connectivity index (χ1v) is 7.88. The van der Waals surface area contributed by atoms with Gasteiger partial charge in [-0.25, -0.2) is 4.98 Å². The number of rotatable bonds is 4. The van der Waals surface area contributed by atoms with Crippen molar-refractivity contribution in [3.63, 3.8) is 0 Å². The lowest BCUT2D eigenvalue weighted by Crippen LogP contribution is -2.19. The van der Waals surface area contributed by atoms with Crippen LogP contribution in [0.1, 0.15) is 26.3 Å². The Kier molecular flexibility index (Phi) is 5.02. The average molecular weight is 300 g/mol. The van der Waals surface area contributed by atoms with Crippen LogP contribution in [-0.2, 0) is 10.2 Å². The van der Waals surface area contributed by atoms with Crippen molar-refractivity contribution in [3.05, 3.63) is 54.2 Å². The maximum atomic E-state index is 12.1. The number of nitrogens with one attached hydrogen (secondary N) is 1. The molecule has 2 rings (SSSR count). The third-order valence-electron chi connectivity index (χ3n) is 3.00. The van der Waals surface area contributed by atoms with Crippen LogP contribution < -0.4 is 5.32 Å². The van der Waals surface area contributed by atoms with Gasteiger partial charge in [-0.3, -0.25) is 4.79 Å². The number of thioether (sulfide) groups is 1. The van der Waals surface area contributed by atoms with Gasteiger partial charge in [-0.15, -0.1) is 0 Å². The van der Waals surface area contributed by atoms with Gasteiger partial charge in [0.25, 0.3) is 0 Å². The van der Waals surface area contributed by atoms with E-state index in [4.69, 9.17) is 0 Å². The summed E-state index contributed by atoms with van der Waals surface area (Å²) in [5.74, 6) is 0.345. The predicted octanol–water partition coefficient (Wildman–Crippen LogP) is 4.11.